The first-order valence-corrected chi connectivity index (χ1v) is 10.4. The van der Waals surface area contributed by atoms with E-state index in [1.165, 1.54) is 17.8 Å². The van der Waals surface area contributed by atoms with E-state index in [0.717, 1.165) is 16.8 Å². The molecule has 8 heteroatoms. The lowest BCUT2D eigenvalue weighted by atomic mass is 10.1. The molecule has 146 valence electrons. The molecule has 2 heterocycles. The summed E-state index contributed by atoms with van der Waals surface area (Å²) in [6.45, 7) is 1.86. The van der Waals surface area contributed by atoms with Crippen LogP contribution in [0.4, 0.5) is 0 Å². The summed E-state index contributed by atoms with van der Waals surface area (Å²) in [6, 6.07) is 16.0. The van der Waals surface area contributed by atoms with E-state index in [2.05, 4.69) is 15.0 Å². The highest BCUT2D eigenvalue weighted by Gasteiger charge is 2.13. The zero-order valence-corrected chi connectivity index (χ0v) is 17.6. The van der Waals surface area contributed by atoms with Crippen LogP contribution in [-0.2, 0) is 5.75 Å². The molecule has 0 amide bonds. The molecule has 4 rings (SSSR count). The number of hydrogen-bond acceptors (Lipinski definition) is 5. The molecule has 0 atom stereocenters. The number of aryl methyl sites for hydroxylation is 1. The maximum atomic E-state index is 12.1. The summed E-state index contributed by atoms with van der Waals surface area (Å²) in [5, 5.41) is 1.76. The van der Waals surface area contributed by atoms with Crippen LogP contribution in [0.25, 0.3) is 22.7 Å². The van der Waals surface area contributed by atoms with Crippen molar-refractivity contribution in [2.75, 3.05) is 0 Å². The number of benzene rings is 2. The number of nitrogens with one attached hydrogen (secondary N) is 1. The number of rotatable bonds is 5. The van der Waals surface area contributed by atoms with E-state index in [1.807, 2.05) is 31.2 Å². The summed E-state index contributed by atoms with van der Waals surface area (Å²) in [4.78, 5) is 23.9. The topological polar surface area (TPSA) is 71.8 Å². The second-order valence-electron chi connectivity index (χ2n) is 6.26. The molecular formula is C21H15Cl2N3O2S. The average molecular weight is 444 g/mol. The van der Waals surface area contributed by atoms with E-state index in [1.54, 1.807) is 24.3 Å². The molecule has 2 aromatic heterocycles. The van der Waals surface area contributed by atoms with Crippen LogP contribution in [-0.4, -0.2) is 15.0 Å². The van der Waals surface area contributed by atoms with Crippen LogP contribution >= 0.6 is 35.0 Å². The van der Waals surface area contributed by atoms with Crippen molar-refractivity contribution in [3.63, 3.8) is 0 Å². The summed E-state index contributed by atoms with van der Waals surface area (Å²) >= 11 is 13.4. The molecule has 1 N–H and O–H groups in total. The Morgan fingerprint density at radius 2 is 1.79 bits per heavy atom. The first kappa shape index (κ1) is 19.8. The van der Waals surface area contributed by atoms with E-state index >= 15 is 0 Å². The van der Waals surface area contributed by atoms with Gasteiger partial charge in [0.1, 0.15) is 5.76 Å². The molecule has 0 spiro atoms. The fourth-order valence-corrected chi connectivity index (χ4v) is 3.91. The Labute approximate surface area is 181 Å². The van der Waals surface area contributed by atoms with Gasteiger partial charge in [0.2, 0.25) is 5.89 Å². The molecule has 29 heavy (non-hydrogen) atoms. The Morgan fingerprint density at radius 1 is 1.00 bits per heavy atom. The Balaban J connectivity index is 1.55. The molecule has 2 aromatic carbocycles. The molecule has 0 fully saturated rings. The minimum atomic E-state index is -0.219. The number of nitrogens with zero attached hydrogens (tertiary/aromatic N) is 2. The van der Waals surface area contributed by atoms with Gasteiger partial charge in [-0.2, -0.15) is 0 Å². The van der Waals surface area contributed by atoms with Crippen LogP contribution in [0.1, 0.15) is 11.5 Å². The lowest BCUT2D eigenvalue weighted by Crippen LogP contribution is -2.08. The summed E-state index contributed by atoms with van der Waals surface area (Å²) in [7, 11) is 0. The van der Waals surface area contributed by atoms with Gasteiger partial charge in [0.05, 0.1) is 11.4 Å². The first-order valence-electron chi connectivity index (χ1n) is 8.70. The Morgan fingerprint density at radius 3 is 2.55 bits per heavy atom. The Hall–Kier alpha value is -2.54. The monoisotopic (exact) mass is 443 g/mol. The minimum Gasteiger partial charge on any atom is -0.441 e. The number of aromatic amines is 1. The van der Waals surface area contributed by atoms with E-state index in [4.69, 9.17) is 27.6 Å². The molecule has 0 saturated heterocycles. The number of H-pyrrole nitrogens is 1. The number of halogens is 2. The van der Waals surface area contributed by atoms with Crippen LogP contribution in [0.2, 0.25) is 10.0 Å². The second kappa shape index (κ2) is 8.45. The average Bonchev–Trinajstić information content (AvgIpc) is 3.07. The predicted octanol–water partition coefficient (Wildman–Crippen LogP) is 6.00. The predicted molar refractivity (Wildman–Crippen MR) is 117 cm³/mol. The zero-order chi connectivity index (χ0) is 20.4. The second-order valence-corrected chi connectivity index (χ2v) is 8.10. The lowest BCUT2D eigenvalue weighted by Gasteiger charge is -2.04. The van der Waals surface area contributed by atoms with Crippen LogP contribution in [0.5, 0.6) is 0 Å². The van der Waals surface area contributed by atoms with Crippen molar-refractivity contribution in [3.05, 3.63) is 86.5 Å². The van der Waals surface area contributed by atoms with E-state index in [-0.39, 0.29) is 5.56 Å². The smallest absolute Gasteiger partial charge is 0.252 e. The lowest BCUT2D eigenvalue weighted by molar-refractivity contribution is 0.540. The Bertz CT molecular complexity index is 1220. The third kappa shape index (κ3) is 4.72. The van der Waals surface area contributed by atoms with Gasteiger partial charge in [0.25, 0.3) is 5.56 Å². The fourth-order valence-electron chi connectivity index (χ4n) is 2.72. The van der Waals surface area contributed by atoms with Crippen LogP contribution in [0, 0.1) is 6.92 Å². The van der Waals surface area contributed by atoms with Crippen LogP contribution in [0.15, 0.2) is 69.0 Å². The van der Waals surface area contributed by atoms with Gasteiger partial charge in [0.15, 0.2) is 5.16 Å². The fraction of sp³-hybridized carbons (Fsp3) is 0.0952. The number of oxazole rings is 1. The Kier molecular flexibility index (Phi) is 5.76. The van der Waals surface area contributed by atoms with Crippen molar-refractivity contribution in [2.24, 2.45) is 0 Å². The molecule has 0 aliphatic heterocycles. The van der Waals surface area contributed by atoms with Gasteiger partial charge in [-0.3, -0.25) is 4.79 Å². The van der Waals surface area contributed by atoms with Crippen molar-refractivity contribution >= 4 is 35.0 Å². The zero-order valence-electron chi connectivity index (χ0n) is 15.3. The maximum absolute atomic E-state index is 12.1. The van der Waals surface area contributed by atoms with Gasteiger partial charge in [-0.1, -0.05) is 53.2 Å². The number of hydrogen-bond donors (Lipinski definition) is 1. The quantitative estimate of drug-likeness (QED) is 0.302. The SMILES string of the molecule is Cc1oc(-c2cccc(Cl)c2)nc1CSc1nc(-c2ccc(Cl)cc2)cc(=O)[nH]1. The van der Waals surface area contributed by atoms with Crippen molar-refractivity contribution in [3.8, 4) is 22.7 Å². The van der Waals surface area contributed by atoms with Crippen molar-refractivity contribution in [1.29, 1.82) is 0 Å². The molecular weight excluding hydrogens is 429 g/mol. The summed E-state index contributed by atoms with van der Waals surface area (Å²) in [5.74, 6) is 1.73. The highest BCUT2D eigenvalue weighted by molar-refractivity contribution is 7.98. The van der Waals surface area contributed by atoms with Gasteiger partial charge in [-0.15, -0.1) is 0 Å². The first-order chi connectivity index (χ1) is 14.0. The van der Waals surface area contributed by atoms with Gasteiger partial charge < -0.3 is 9.40 Å². The summed E-state index contributed by atoms with van der Waals surface area (Å²) in [5.41, 5.74) is 2.79. The van der Waals surface area contributed by atoms with E-state index in [0.29, 0.717) is 38.3 Å². The van der Waals surface area contributed by atoms with Gasteiger partial charge >= 0.3 is 0 Å². The molecule has 0 aliphatic carbocycles. The highest BCUT2D eigenvalue weighted by Crippen LogP contribution is 2.28. The van der Waals surface area contributed by atoms with E-state index in [9.17, 15) is 4.79 Å². The number of thioether (sulfide) groups is 1. The summed E-state index contributed by atoms with van der Waals surface area (Å²) < 4.78 is 5.78. The van der Waals surface area contributed by atoms with Gasteiger partial charge in [-0.25, -0.2) is 9.97 Å². The van der Waals surface area contributed by atoms with Crippen molar-refractivity contribution in [1.82, 2.24) is 15.0 Å². The maximum Gasteiger partial charge on any atom is 0.252 e. The van der Waals surface area contributed by atoms with Gasteiger partial charge in [0, 0.05) is 33.0 Å². The largest absolute Gasteiger partial charge is 0.441 e. The van der Waals surface area contributed by atoms with Crippen molar-refractivity contribution < 1.29 is 4.42 Å². The van der Waals surface area contributed by atoms with E-state index < -0.39 is 0 Å². The third-order valence-electron chi connectivity index (χ3n) is 4.17. The highest BCUT2D eigenvalue weighted by atomic mass is 35.5. The molecule has 0 saturated carbocycles. The molecule has 0 unspecified atom stereocenters. The third-order valence-corrected chi connectivity index (χ3v) is 5.54. The molecule has 5 nitrogen and oxygen atoms in total. The van der Waals surface area contributed by atoms with Crippen LogP contribution < -0.4 is 5.56 Å². The minimum absolute atomic E-state index is 0.219. The molecule has 0 radical (unpaired) electrons. The normalized spacial score (nSPS) is 11.0. The molecule has 4 aromatic rings. The van der Waals surface area contributed by atoms with Gasteiger partial charge in [-0.05, 0) is 37.3 Å². The number of aromatic nitrogens is 3. The molecule has 0 bridgehead atoms. The van der Waals surface area contributed by atoms with Crippen LogP contribution in [0.3, 0.4) is 0 Å². The van der Waals surface area contributed by atoms with Crippen molar-refractivity contribution in [2.45, 2.75) is 17.8 Å². The summed E-state index contributed by atoms with van der Waals surface area (Å²) in [6.07, 6.45) is 0. The standard InChI is InChI=1S/C21H15Cl2N3O2S/c1-12-18(24-20(28-12)14-3-2-4-16(23)9-14)11-29-21-25-17(10-19(27)26-21)13-5-7-15(22)8-6-13/h2-10H,11H2,1H3,(H,25,26,27). The molecule has 0 aliphatic rings.